The lowest BCUT2D eigenvalue weighted by molar-refractivity contribution is 0.0633. The van der Waals surface area contributed by atoms with Gasteiger partial charge in [0.1, 0.15) is 5.75 Å². The predicted octanol–water partition coefficient (Wildman–Crippen LogP) is 3.90. The first-order chi connectivity index (χ1) is 11.6. The van der Waals surface area contributed by atoms with E-state index in [9.17, 15) is 13.6 Å². The van der Waals surface area contributed by atoms with Crippen LogP contribution in [-0.4, -0.2) is 30.5 Å². The number of para-hydroxylation sites is 1. The van der Waals surface area contributed by atoms with Crippen molar-refractivity contribution >= 4 is 5.91 Å². The van der Waals surface area contributed by atoms with Crippen molar-refractivity contribution in [2.75, 3.05) is 19.7 Å². The first-order valence-electron chi connectivity index (χ1n) is 8.05. The number of nitrogens with zero attached hydrogens (tertiary/aromatic N) is 1. The van der Waals surface area contributed by atoms with Gasteiger partial charge in [0.2, 0.25) is 0 Å². The average Bonchev–Trinajstić information content (AvgIpc) is 2.63. The predicted molar refractivity (Wildman–Crippen MR) is 86.9 cm³/mol. The van der Waals surface area contributed by atoms with Crippen LogP contribution in [0.3, 0.4) is 0 Å². The third-order valence-electron chi connectivity index (χ3n) is 4.20. The van der Waals surface area contributed by atoms with Crippen LogP contribution in [0.1, 0.15) is 23.2 Å². The Morgan fingerprint density at radius 1 is 1.12 bits per heavy atom. The topological polar surface area (TPSA) is 29.5 Å². The minimum atomic E-state index is -0.998. The van der Waals surface area contributed by atoms with Crippen LogP contribution < -0.4 is 4.74 Å². The number of ether oxygens (including phenoxy) is 1. The third kappa shape index (κ3) is 3.91. The molecule has 24 heavy (non-hydrogen) atoms. The zero-order valence-corrected chi connectivity index (χ0v) is 13.3. The molecule has 5 heteroatoms. The third-order valence-corrected chi connectivity index (χ3v) is 4.20. The Hall–Kier alpha value is -2.43. The lowest BCUT2D eigenvalue weighted by Crippen LogP contribution is -2.41. The van der Waals surface area contributed by atoms with Crippen molar-refractivity contribution in [3.63, 3.8) is 0 Å². The number of halogens is 2. The SMILES string of the molecule is O=C(c1ccc(F)c(F)c1)N1CCCC(COc2ccccc2)C1. The van der Waals surface area contributed by atoms with Gasteiger partial charge in [-0.1, -0.05) is 18.2 Å². The number of rotatable bonds is 4. The number of amides is 1. The van der Waals surface area contributed by atoms with Crippen LogP contribution in [0.2, 0.25) is 0 Å². The Morgan fingerprint density at radius 2 is 1.92 bits per heavy atom. The van der Waals surface area contributed by atoms with E-state index in [4.69, 9.17) is 4.74 Å². The molecule has 1 saturated heterocycles. The minimum absolute atomic E-state index is 0.179. The fraction of sp³-hybridized carbons (Fsp3) is 0.316. The van der Waals surface area contributed by atoms with E-state index in [-0.39, 0.29) is 17.4 Å². The molecule has 2 aromatic carbocycles. The van der Waals surface area contributed by atoms with Crippen molar-refractivity contribution in [3.05, 3.63) is 65.7 Å². The van der Waals surface area contributed by atoms with E-state index >= 15 is 0 Å². The highest BCUT2D eigenvalue weighted by Gasteiger charge is 2.25. The number of piperidine rings is 1. The van der Waals surface area contributed by atoms with Gasteiger partial charge < -0.3 is 9.64 Å². The molecule has 1 heterocycles. The van der Waals surface area contributed by atoms with E-state index < -0.39 is 11.6 Å². The Kier molecular flexibility index (Phi) is 5.08. The molecule has 2 aromatic rings. The van der Waals surface area contributed by atoms with Crippen molar-refractivity contribution < 1.29 is 18.3 Å². The lowest BCUT2D eigenvalue weighted by Gasteiger charge is -2.32. The van der Waals surface area contributed by atoms with Crippen molar-refractivity contribution in [2.24, 2.45) is 5.92 Å². The highest BCUT2D eigenvalue weighted by atomic mass is 19.2. The van der Waals surface area contributed by atoms with Gasteiger partial charge in [-0.2, -0.15) is 0 Å². The van der Waals surface area contributed by atoms with Gasteiger partial charge >= 0.3 is 0 Å². The monoisotopic (exact) mass is 331 g/mol. The first-order valence-corrected chi connectivity index (χ1v) is 8.05. The molecule has 3 nitrogen and oxygen atoms in total. The summed E-state index contributed by atoms with van der Waals surface area (Å²) in [6, 6.07) is 12.8. The molecular weight excluding hydrogens is 312 g/mol. The van der Waals surface area contributed by atoms with Crippen LogP contribution in [0.4, 0.5) is 8.78 Å². The van der Waals surface area contributed by atoms with E-state index in [2.05, 4.69) is 0 Å². The summed E-state index contributed by atoms with van der Waals surface area (Å²) >= 11 is 0. The normalized spacial score (nSPS) is 17.6. The number of carbonyl (C=O) groups excluding carboxylic acids is 1. The molecule has 1 fully saturated rings. The van der Waals surface area contributed by atoms with E-state index in [0.29, 0.717) is 19.7 Å². The van der Waals surface area contributed by atoms with Gasteiger partial charge in [-0.3, -0.25) is 4.79 Å². The maximum atomic E-state index is 13.3. The number of hydrogen-bond acceptors (Lipinski definition) is 2. The van der Waals surface area contributed by atoms with Crippen molar-refractivity contribution in [1.82, 2.24) is 4.90 Å². The highest BCUT2D eigenvalue weighted by molar-refractivity contribution is 5.94. The molecule has 0 saturated carbocycles. The Balaban J connectivity index is 1.60. The first kappa shape index (κ1) is 16.4. The summed E-state index contributed by atoms with van der Waals surface area (Å²) in [5.74, 6) is -1.17. The second-order valence-corrected chi connectivity index (χ2v) is 6.01. The Bertz CT molecular complexity index is 706. The Morgan fingerprint density at radius 3 is 2.67 bits per heavy atom. The second kappa shape index (κ2) is 7.43. The Labute approximate surface area is 139 Å². The van der Waals surface area contributed by atoms with E-state index in [1.165, 1.54) is 6.07 Å². The maximum absolute atomic E-state index is 13.3. The van der Waals surface area contributed by atoms with Crippen LogP contribution in [0.15, 0.2) is 48.5 Å². The quantitative estimate of drug-likeness (QED) is 0.850. The summed E-state index contributed by atoms with van der Waals surface area (Å²) in [5, 5.41) is 0. The summed E-state index contributed by atoms with van der Waals surface area (Å²) in [6.45, 7) is 1.72. The average molecular weight is 331 g/mol. The van der Waals surface area contributed by atoms with Crippen molar-refractivity contribution in [2.45, 2.75) is 12.8 Å². The molecule has 1 unspecified atom stereocenters. The number of carbonyl (C=O) groups is 1. The number of likely N-dealkylation sites (tertiary alicyclic amines) is 1. The van der Waals surface area contributed by atoms with Crippen LogP contribution >= 0.6 is 0 Å². The molecule has 1 aliphatic rings. The standard InChI is InChI=1S/C19H19F2NO2/c20-17-9-8-15(11-18(17)21)19(23)22-10-4-5-14(12-22)13-24-16-6-2-1-3-7-16/h1-3,6-9,11,14H,4-5,10,12-13H2. The van der Waals surface area contributed by atoms with Gasteiger partial charge in [-0.05, 0) is 43.2 Å². The molecule has 1 amide bonds. The summed E-state index contributed by atoms with van der Waals surface area (Å²) in [5.41, 5.74) is 0.179. The molecule has 0 N–H and O–H groups in total. The zero-order chi connectivity index (χ0) is 16.9. The van der Waals surface area contributed by atoms with E-state index in [1.807, 2.05) is 30.3 Å². The van der Waals surface area contributed by atoms with Gasteiger partial charge in [0.05, 0.1) is 6.61 Å². The van der Waals surface area contributed by atoms with Gasteiger partial charge in [-0.25, -0.2) is 8.78 Å². The minimum Gasteiger partial charge on any atom is -0.493 e. The molecule has 0 radical (unpaired) electrons. The van der Waals surface area contributed by atoms with Gasteiger partial charge in [0.25, 0.3) is 5.91 Å². The molecular formula is C19H19F2NO2. The largest absolute Gasteiger partial charge is 0.493 e. The van der Waals surface area contributed by atoms with Crippen LogP contribution in [0.25, 0.3) is 0 Å². The molecule has 1 atom stereocenters. The molecule has 126 valence electrons. The lowest BCUT2D eigenvalue weighted by atomic mass is 9.98. The summed E-state index contributed by atoms with van der Waals surface area (Å²) < 4.78 is 32.1. The van der Waals surface area contributed by atoms with Gasteiger partial charge in [-0.15, -0.1) is 0 Å². The molecule has 0 aliphatic carbocycles. The van der Waals surface area contributed by atoms with Crippen LogP contribution in [-0.2, 0) is 0 Å². The maximum Gasteiger partial charge on any atom is 0.253 e. The van der Waals surface area contributed by atoms with Gasteiger partial charge in [0, 0.05) is 24.6 Å². The molecule has 1 aliphatic heterocycles. The van der Waals surface area contributed by atoms with Crippen molar-refractivity contribution in [3.8, 4) is 5.75 Å². The molecule has 0 spiro atoms. The highest BCUT2D eigenvalue weighted by Crippen LogP contribution is 2.21. The molecule has 0 bridgehead atoms. The summed E-state index contributed by atoms with van der Waals surface area (Å²) in [7, 11) is 0. The summed E-state index contributed by atoms with van der Waals surface area (Å²) in [4.78, 5) is 14.2. The number of benzene rings is 2. The second-order valence-electron chi connectivity index (χ2n) is 6.01. The van der Waals surface area contributed by atoms with Gasteiger partial charge in [0.15, 0.2) is 11.6 Å². The summed E-state index contributed by atoms with van der Waals surface area (Å²) in [6.07, 6.45) is 1.85. The van der Waals surface area contributed by atoms with Crippen molar-refractivity contribution in [1.29, 1.82) is 0 Å². The molecule has 0 aromatic heterocycles. The molecule has 3 rings (SSSR count). The van der Waals surface area contributed by atoms with E-state index in [1.54, 1.807) is 4.90 Å². The smallest absolute Gasteiger partial charge is 0.253 e. The number of hydrogen-bond donors (Lipinski definition) is 0. The zero-order valence-electron chi connectivity index (χ0n) is 13.3. The van der Waals surface area contributed by atoms with Crippen LogP contribution in [0.5, 0.6) is 5.75 Å². The fourth-order valence-electron chi connectivity index (χ4n) is 2.93. The van der Waals surface area contributed by atoms with E-state index in [0.717, 1.165) is 30.7 Å². The van der Waals surface area contributed by atoms with Crippen LogP contribution in [0, 0.1) is 17.6 Å². The fourth-order valence-corrected chi connectivity index (χ4v) is 2.93.